The van der Waals surface area contributed by atoms with Crippen LogP contribution >= 0.6 is 0 Å². The van der Waals surface area contributed by atoms with Crippen molar-refractivity contribution in [2.45, 2.75) is 12.1 Å². The summed E-state index contributed by atoms with van der Waals surface area (Å²) < 4.78 is 0. The molecule has 1 aliphatic carbocycles. The van der Waals surface area contributed by atoms with Crippen LogP contribution in [0.2, 0.25) is 0 Å². The van der Waals surface area contributed by atoms with Crippen LogP contribution in [0.3, 0.4) is 0 Å². The van der Waals surface area contributed by atoms with E-state index < -0.39 is 5.72 Å². The van der Waals surface area contributed by atoms with Gasteiger partial charge in [-0.2, -0.15) is 0 Å². The molecular formula is C15H17NO. The molecule has 0 radical (unpaired) electrons. The van der Waals surface area contributed by atoms with Crippen LogP contribution in [0.1, 0.15) is 12.0 Å². The van der Waals surface area contributed by atoms with E-state index in [1.165, 1.54) is 5.56 Å². The van der Waals surface area contributed by atoms with E-state index in [1.54, 1.807) is 13.1 Å². The lowest BCUT2D eigenvalue weighted by Crippen LogP contribution is -2.41. The summed E-state index contributed by atoms with van der Waals surface area (Å²) in [4.78, 5) is 0. The predicted octanol–water partition coefficient (Wildman–Crippen LogP) is 2.49. The van der Waals surface area contributed by atoms with E-state index in [4.69, 9.17) is 0 Å². The monoisotopic (exact) mass is 227 g/mol. The fourth-order valence-electron chi connectivity index (χ4n) is 1.71. The molecule has 0 heterocycles. The van der Waals surface area contributed by atoms with Gasteiger partial charge in [0.15, 0.2) is 0 Å². The minimum absolute atomic E-state index is 0.592. The van der Waals surface area contributed by atoms with Gasteiger partial charge < -0.3 is 5.11 Å². The Bertz CT molecular complexity index is 459. The van der Waals surface area contributed by atoms with Crippen molar-refractivity contribution in [2.24, 2.45) is 0 Å². The zero-order valence-electron chi connectivity index (χ0n) is 9.93. The number of hydrogen-bond acceptors (Lipinski definition) is 2. The number of allylic oxidation sites excluding steroid dienone is 3. The van der Waals surface area contributed by atoms with Gasteiger partial charge in [0.25, 0.3) is 0 Å². The molecule has 0 aromatic heterocycles. The second kappa shape index (κ2) is 5.13. The van der Waals surface area contributed by atoms with Crippen molar-refractivity contribution in [1.82, 2.24) is 5.32 Å². The first-order valence-electron chi connectivity index (χ1n) is 5.76. The highest BCUT2D eigenvalue weighted by Gasteiger charge is 2.21. The molecule has 0 amide bonds. The molecule has 0 spiro atoms. The summed E-state index contributed by atoms with van der Waals surface area (Å²) in [5.41, 5.74) is 1.41. The van der Waals surface area contributed by atoms with Gasteiger partial charge >= 0.3 is 0 Å². The van der Waals surface area contributed by atoms with Crippen LogP contribution in [-0.2, 0) is 0 Å². The van der Waals surface area contributed by atoms with Crippen molar-refractivity contribution in [3.63, 3.8) is 0 Å². The summed E-state index contributed by atoms with van der Waals surface area (Å²) in [7, 11) is 1.75. The van der Waals surface area contributed by atoms with E-state index in [9.17, 15) is 5.11 Å². The van der Waals surface area contributed by atoms with Crippen molar-refractivity contribution >= 4 is 6.08 Å². The molecule has 1 atom stereocenters. The molecular weight excluding hydrogens is 210 g/mol. The molecule has 0 aliphatic heterocycles. The predicted molar refractivity (Wildman–Crippen MR) is 71.3 cm³/mol. The van der Waals surface area contributed by atoms with Crippen molar-refractivity contribution in [2.75, 3.05) is 7.05 Å². The van der Waals surface area contributed by atoms with E-state index in [0.717, 1.165) is 5.57 Å². The van der Waals surface area contributed by atoms with Gasteiger partial charge in [0.1, 0.15) is 5.72 Å². The molecule has 1 aromatic rings. The fourth-order valence-corrected chi connectivity index (χ4v) is 1.71. The second-order valence-electron chi connectivity index (χ2n) is 4.16. The van der Waals surface area contributed by atoms with E-state index in [2.05, 4.69) is 29.6 Å². The van der Waals surface area contributed by atoms with Gasteiger partial charge in [-0.25, -0.2) is 0 Å². The largest absolute Gasteiger partial charge is 0.372 e. The van der Waals surface area contributed by atoms with E-state index >= 15 is 0 Å². The fraction of sp³-hybridized carbons (Fsp3) is 0.200. The molecule has 0 saturated heterocycles. The SMILES string of the molecule is CNC1(O)C=CC(/C=C/c2ccccc2)=CC1. The minimum Gasteiger partial charge on any atom is -0.372 e. The van der Waals surface area contributed by atoms with Crippen LogP contribution in [0.15, 0.2) is 60.2 Å². The Morgan fingerprint density at radius 1 is 1.24 bits per heavy atom. The third kappa shape index (κ3) is 3.16. The van der Waals surface area contributed by atoms with Crippen LogP contribution in [0.5, 0.6) is 0 Å². The van der Waals surface area contributed by atoms with Gasteiger partial charge in [-0.1, -0.05) is 54.6 Å². The first kappa shape index (κ1) is 11.8. The Hall–Kier alpha value is -1.64. The molecule has 0 saturated carbocycles. The highest BCUT2D eigenvalue weighted by molar-refractivity contribution is 5.55. The van der Waals surface area contributed by atoms with Crippen LogP contribution < -0.4 is 5.32 Å². The average molecular weight is 227 g/mol. The average Bonchev–Trinajstić information content (AvgIpc) is 2.39. The van der Waals surface area contributed by atoms with E-state index in [1.807, 2.05) is 30.4 Å². The summed E-state index contributed by atoms with van der Waals surface area (Å²) in [5.74, 6) is 0. The Morgan fingerprint density at radius 2 is 2.00 bits per heavy atom. The van der Waals surface area contributed by atoms with Crippen molar-refractivity contribution < 1.29 is 5.11 Å². The quantitative estimate of drug-likeness (QED) is 0.778. The zero-order chi connectivity index (χ0) is 12.1. The maximum Gasteiger partial charge on any atom is 0.138 e. The number of benzene rings is 1. The van der Waals surface area contributed by atoms with Crippen LogP contribution in [0.25, 0.3) is 6.08 Å². The summed E-state index contributed by atoms with van der Waals surface area (Å²) in [6.45, 7) is 0. The lowest BCUT2D eigenvalue weighted by atomic mass is 9.99. The second-order valence-corrected chi connectivity index (χ2v) is 4.16. The van der Waals surface area contributed by atoms with Gasteiger partial charge in [-0.15, -0.1) is 0 Å². The summed E-state index contributed by atoms with van der Waals surface area (Å²) >= 11 is 0. The van der Waals surface area contributed by atoms with Gasteiger partial charge in [0.05, 0.1) is 0 Å². The Balaban J connectivity index is 2.03. The van der Waals surface area contributed by atoms with Crippen LogP contribution in [-0.4, -0.2) is 17.9 Å². The number of aliphatic hydroxyl groups is 1. The van der Waals surface area contributed by atoms with Gasteiger partial charge in [0.2, 0.25) is 0 Å². The Morgan fingerprint density at radius 3 is 2.59 bits per heavy atom. The molecule has 88 valence electrons. The highest BCUT2D eigenvalue weighted by atomic mass is 16.3. The van der Waals surface area contributed by atoms with E-state index in [-0.39, 0.29) is 0 Å². The van der Waals surface area contributed by atoms with E-state index in [0.29, 0.717) is 6.42 Å². The number of likely N-dealkylation sites (N-methyl/N-ethyl adjacent to an activating group) is 1. The first-order chi connectivity index (χ1) is 8.22. The number of hydrogen-bond donors (Lipinski definition) is 2. The van der Waals surface area contributed by atoms with Crippen molar-refractivity contribution in [3.05, 3.63) is 65.8 Å². The Kier molecular flexibility index (Phi) is 3.57. The molecule has 2 N–H and O–H groups in total. The zero-order valence-corrected chi connectivity index (χ0v) is 9.93. The molecule has 17 heavy (non-hydrogen) atoms. The summed E-state index contributed by atoms with van der Waals surface area (Å²) in [6.07, 6.45) is 10.5. The van der Waals surface area contributed by atoms with Crippen LogP contribution in [0, 0.1) is 0 Å². The lowest BCUT2D eigenvalue weighted by Gasteiger charge is -2.25. The topological polar surface area (TPSA) is 32.3 Å². The van der Waals surface area contributed by atoms with Crippen molar-refractivity contribution in [3.8, 4) is 0 Å². The standard InChI is InChI=1S/C15H17NO/c1-16-15(17)11-9-14(10-12-15)8-7-13-5-3-2-4-6-13/h2-11,16-17H,12H2,1H3/b8-7+. The highest BCUT2D eigenvalue weighted by Crippen LogP contribution is 2.19. The van der Waals surface area contributed by atoms with Crippen molar-refractivity contribution in [1.29, 1.82) is 0 Å². The Labute approximate surface area is 102 Å². The molecule has 1 aromatic carbocycles. The smallest absolute Gasteiger partial charge is 0.138 e. The molecule has 1 aliphatic rings. The first-order valence-corrected chi connectivity index (χ1v) is 5.76. The lowest BCUT2D eigenvalue weighted by molar-refractivity contribution is 0.0646. The summed E-state index contributed by atoms with van der Waals surface area (Å²) in [5, 5.41) is 12.8. The normalized spacial score (nSPS) is 24.0. The van der Waals surface area contributed by atoms with Gasteiger partial charge in [-0.3, -0.25) is 5.32 Å². The summed E-state index contributed by atoms with van der Waals surface area (Å²) in [6, 6.07) is 10.2. The molecule has 2 heteroatoms. The van der Waals surface area contributed by atoms with Gasteiger partial charge in [-0.05, 0) is 24.3 Å². The third-order valence-electron chi connectivity index (χ3n) is 2.90. The number of nitrogens with one attached hydrogen (secondary N) is 1. The molecule has 0 bridgehead atoms. The maximum atomic E-state index is 9.92. The molecule has 0 fully saturated rings. The van der Waals surface area contributed by atoms with Crippen LogP contribution in [0.4, 0.5) is 0 Å². The molecule has 2 nitrogen and oxygen atoms in total. The number of rotatable bonds is 3. The third-order valence-corrected chi connectivity index (χ3v) is 2.90. The minimum atomic E-state index is -0.885. The maximum absolute atomic E-state index is 9.92. The molecule has 1 unspecified atom stereocenters. The van der Waals surface area contributed by atoms with Gasteiger partial charge in [0, 0.05) is 6.42 Å². The molecule has 2 rings (SSSR count).